The zero-order chi connectivity index (χ0) is 13.2. The quantitative estimate of drug-likeness (QED) is 0.528. The Kier molecular flexibility index (Phi) is 2.76. The first-order chi connectivity index (χ1) is 9.25. The van der Waals surface area contributed by atoms with Crippen molar-refractivity contribution in [2.45, 2.75) is 6.54 Å². The fourth-order valence-corrected chi connectivity index (χ4v) is 2.28. The van der Waals surface area contributed by atoms with E-state index >= 15 is 0 Å². The average Bonchev–Trinajstić information content (AvgIpc) is 2.79. The second kappa shape index (κ2) is 4.57. The van der Waals surface area contributed by atoms with Crippen molar-refractivity contribution >= 4 is 16.7 Å². The van der Waals surface area contributed by atoms with Crippen LogP contribution < -0.4 is 0 Å². The molecule has 0 bridgehead atoms. The summed E-state index contributed by atoms with van der Waals surface area (Å²) < 4.78 is 1.74. The number of benzene rings is 2. The highest BCUT2D eigenvalue weighted by Gasteiger charge is 2.18. The van der Waals surface area contributed by atoms with E-state index in [2.05, 4.69) is 0 Å². The molecule has 1 aromatic heterocycles. The van der Waals surface area contributed by atoms with Crippen LogP contribution in [-0.4, -0.2) is 9.49 Å². The molecule has 0 saturated carbocycles. The van der Waals surface area contributed by atoms with Gasteiger partial charge in [-0.15, -0.1) is 0 Å². The van der Waals surface area contributed by atoms with Crippen LogP contribution in [0.2, 0.25) is 0 Å². The van der Waals surface area contributed by atoms with Crippen LogP contribution in [0.25, 0.3) is 10.9 Å². The Balaban J connectivity index is 2.15. The molecule has 1 heterocycles. The maximum Gasteiger partial charge on any atom is 0.324 e. The number of nitro groups is 1. The summed E-state index contributed by atoms with van der Waals surface area (Å²) in [7, 11) is 0. The van der Waals surface area contributed by atoms with Gasteiger partial charge < -0.3 is 10.1 Å². The summed E-state index contributed by atoms with van der Waals surface area (Å²) in [5.74, 6) is 0.130. The first kappa shape index (κ1) is 11.5. The van der Waals surface area contributed by atoms with Crippen LogP contribution in [-0.2, 0) is 6.54 Å². The van der Waals surface area contributed by atoms with Crippen molar-refractivity contribution in [2.24, 2.45) is 0 Å². The fourth-order valence-electron chi connectivity index (χ4n) is 2.28. The van der Waals surface area contributed by atoms with E-state index in [4.69, 9.17) is 0 Å². The average molecular weight is 252 g/mol. The summed E-state index contributed by atoms with van der Waals surface area (Å²) in [4.78, 5) is 10.8. The van der Waals surface area contributed by atoms with Crippen LogP contribution in [0.15, 0.2) is 60.7 Å². The summed E-state index contributed by atoms with van der Waals surface area (Å²) in [5.41, 5.74) is 1.94. The van der Waals surface area contributed by atoms with Gasteiger partial charge in [0.1, 0.15) is 12.1 Å². The third-order valence-electron chi connectivity index (χ3n) is 3.16. The van der Waals surface area contributed by atoms with Crippen molar-refractivity contribution in [1.82, 2.24) is 4.57 Å². The first-order valence-corrected chi connectivity index (χ1v) is 6.02. The Labute approximate surface area is 110 Å². The first-order valence-electron chi connectivity index (χ1n) is 6.02. The third kappa shape index (κ3) is 2.08. The molecule has 0 amide bonds. The van der Waals surface area contributed by atoms with E-state index in [1.807, 2.05) is 54.6 Å². The molecule has 0 spiro atoms. The minimum atomic E-state index is -0.330. The van der Waals surface area contributed by atoms with Crippen molar-refractivity contribution in [3.05, 3.63) is 76.3 Å². The predicted octanol–water partition coefficient (Wildman–Crippen LogP) is 3.60. The SMILES string of the molecule is O=[N+]([O-])c1cc2ccccc2n1Cc1ccccc1. The molecule has 0 unspecified atom stereocenters. The lowest BCUT2D eigenvalue weighted by molar-refractivity contribution is -0.391. The molecule has 0 aliphatic rings. The molecule has 0 aliphatic carbocycles. The molecule has 94 valence electrons. The monoisotopic (exact) mass is 252 g/mol. The van der Waals surface area contributed by atoms with Crippen LogP contribution >= 0.6 is 0 Å². The Morgan fingerprint density at radius 3 is 2.42 bits per heavy atom. The number of fused-ring (bicyclic) bond motifs is 1. The van der Waals surface area contributed by atoms with E-state index in [1.165, 1.54) is 0 Å². The minimum Gasteiger partial charge on any atom is -0.358 e. The molecule has 19 heavy (non-hydrogen) atoms. The van der Waals surface area contributed by atoms with Gasteiger partial charge in [-0.2, -0.15) is 0 Å². The Morgan fingerprint density at radius 2 is 1.68 bits per heavy atom. The molecule has 4 heteroatoms. The maximum atomic E-state index is 11.2. The van der Waals surface area contributed by atoms with E-state index in [0.717, 1.165) is 16.5 Å². The smallest absolute Gasteiger partial charge is 0.324 e. The highest BCUT2D eigenvalue weighted by molar-refractivity contribution is 5.83. The molecular formula is C15H12N2O2. The van der Waals surface area contributed by atoms with E-state index in [1.54, 1.807) is 10.6 Å². The lowest BCUT2D eigenvalue weighted by Gasteiger charge is -2.03. The number of rotatable bonds is 3. The van der Waals surface area contributed by atoms with Gasteiger partial charge in [-0.3, -0.25) is 0 Å². The zero-order valence-electron chi connectivity index (χ0n) is 10.2. The topological polar surface area (TPSA) is 48.1 Å². The Hall–Kier alpha value is -2.62. The van der Waals surface area contributed by atoms with Crippen LogP contribution in [0.1, 0.15) is 5.56 Å². The number of para-hydroxylation sites is 1. The second-order valence-corrected chi connectivity index (χ2v) is 4.39. The van der Waals surface area contributed by atoms with Gasteiger partial charge in [0.2, 0.25) is 0 Å². The second-order valence-electron chi connectivity index (χ2n) is 4.39. The van der Waals surface area contributed by atoms with Gasteiger partial charge in [0.05, 0.1) is 0 Å². The van der Waals surface area contributed by atoms with Crippen molar-refractivity contribution in [1.29, 1.82) is 0 Å². The number of hydrogen-bond donors (Lipinski definition) is 0. The highest BCUT2D eigenvalue weighted by Crippen LogP contribution is 2.26. The zero-order valence-corrected chi connectivity index (χ0v) is 10.2. The highest BCUT2D eigenvalue weighted by atomic mass is 16.6. The summed E-state index contributed by atoms with van der Waals surface area (Å²) in [6.07, 6.45) is 0. The molecular weight excluding hydrogens is 240 g/mol. The van der Waals surface area contributed by atoms with Gasteiger partial charge in [0.15, 0.2) is 0 Å². The maximum absolute atomic E-state index is 11.2. The summed E-state index contributed by atoms with van der Waals surface area (Å²) in [5, 5.41) is 12.1. The predicted molar refractivity (Wildman–Crippen MR) is 74.1 cm³/mol. The van der Waals surface area contributed by atoms with Crippen LogP contribution in [0.5, 0.6) is 0 Å². The fraction of sp³-hybridized carbons (Fsp3) is 0.0667. The minimum absolute atomic E-state index is 0.130. The summed E-state index contributed by atoms with van der Waals surface area (Å²) in [6, 6.07) is 19.0. The molecule has 0 radical (unpaired) electrons. The molecule has 0 saturated heterocycles. The Bertz CT molecular complexity index is 732. The molecule has 3 rings (SSSR count). The van der Waals surface area contributed by atoms with E-state index in [9.17, 15) is 10.1 Å². The molecule has 0 fully saturated rings. The molecule has 0 N–H and O–H groups in total. The third-order valence-corrected chi connectivity index (χ3v) is 3.16. The summed E-state index contributed by atoms with van der Waals surface area (Å²) >= 11 is 0. The van der Waals surface area contributed by atoms with Crippen LogP contribution in [0.4, 0.5) is 5.82 Å². The van der Waals surface area contributed by atoms with Crippen molar-refractivity contribution in [3.8, 4) is 0 Å². The normalized spacial score (nSPS) is 10.7. The standard InChI is InChI=1S/C15H12N2O2/c18-17(19)15-10-13-8-4-5-9-14(13)16(15)11-12-6-2-1-3-7-12/h1-10H,11H2. The van der Waals surface area contributed by atoms with Gasteiger partial charge in [-0.1, -0.05) is 48.5 Å². The number of nitrogens with zero attached hydrogens (tertiary/aromatic N) is 2. The van der Waals surface area contributed by atoms with E-state index < -0.39 is 0 Å². The van der Waals surface area contributed by atoms with Crippen LogP contribution in [0, 0.1) is 10.1 Å². The van der Waals surface area contributed by atoms with E-state index in [-0.39, 0.29) is 10.7 Å². The largest absolute Gasteiger partial charge is 0.358 e. The van der Waals surface area contributed by atoms with E-state index in [0.29, 0.717) is 6.54 Å². The molecule has 0 aliphatic heterocycles. The molecule has 3 aromatic rings. The van der Waals surface area contributed by atoms with Crippen LogP contribution in [0.3, 0.4) is 0 Å². The van der Waals surface area contributed by atoms with Gasteiger partial charge in [-0.05, 0) is 16.6 Å². The lowest BCUT2D eigenvalue weighted by Crippen LogP contribution is -2.03. The Morgan fingerprint density at radius 1 is 1.00 bits per heavy atom. The number of hydrogen-bond acceptors (Lipinski definition) is 2. The van der Waals surface area contributed by atoms with Crippen molar-refractivity contribution in [2.75, 3.05) is 0 Å². The van der Waals surface area contributed by atoms with Crippen molar-refractivity contribution < 1.29 is 4.92 Å². The van der Waals surface area contributed by atoms with Crippen molar-refractivity contribution in [3.63, 3.8) is 0 Å². The molecule has 0 atom stereocenters. The van der Waals surface area contributed by atoms with Gasteiger partial charge in [0.25, 0.3) is 0 Å². The summed E-state index contributed by atoms with van der Waals surface area (Å²) in [6.45, 7) is 0.505. The lowest BCUT2D eigenvalue weighted by atomic mass is 10.2. The molecule has 2 aromatic carbocycles. The van der Waals surface area contributed by atoms with Gasteiger partial charge >= 0.3 is 5.82 Å². The van der Waals surface area contributed by atoms with Gasteiger partial charge in [0, 0.05) is 11.5 Å². The molecule has 4 nitrogen and oxygen atoms in total. The number of aromatic nitrogens is 1. The van der Waals surface area contributed by atoms with Gasteiger partial charge in [-0.25, -0.2) is 4.57 Å².